The molecule has 1 aromatic carbocycles. The van der Waals surface area contributed by atoms with Gasteiger partial charge < -0.3 is 5.32 Å². The van der Waals surface area contributed by atoms with Gasteiger partial charge in [0.1, 0.15) is 0 Å². The van der Waals surface area contributed by atoms with Gasteiger partial charge in [-0.15, -0.1) is 0 Å². The topological polar surface area (TPSA) is 12.0 Å². The Kier molecular flexibility index (Phi) is 6.48. The molecule has 2 atom stereocenters. The Morgan fingerprint density at radius 3 is 2.11 bits per heavy atom. The molecule has 1 rings (SSSR count). The molecule has 0 heterocycles. The molecule has 1 nitrogen and oxygen atoms in total. The Morgan fingerprint density at radius 1 is 1.11 bits per heavy atom. The van der Waals surface area contributed by atoms with Gasteiger partial charge in [-0.2, -0.15) is 0 Å². The Labute approximate surface area is 121 Å². The first-order chi connectivity index (χ1) is 8.47. The quantitative estimate of drug-likeness (QED) is 0.792. The lowest BCUT2D eigenvalue weighted by Gasteiger charge is -2.29. The number of nitrogens with one attached hydrogen (secondary N) is 1. The van der Waals surface area contributed by atoms with E-state index >= 15 is 0 Å². The number of benzene rings is 1. The van der Waals surface area contributed by atoms with E-state index < -0.39 is 0 Å². The maximum absolute atomic E-state index is 6.26. The molecule has 2 unspecified atom stereocenters. The van der Waals surface area contributed by atoms with Crippen molar-refractivity contribution >= 4 is 23.2 Å². The summed E-state index contributed by atoms with van der Waals surface area (Å²) in [6, 6.07) is 6.19. The van der Waals surface area contributed by atoms with Crippen molar-refractivity contribution in [2.75, 3.05) is 6.54 Å². The summed E-state index contributed by atoms with van der Waals surface area (Å²) < 4.78 is 0. The number of halogens is 2. The highest BCUT2D eigenvalue weighted by Crippen LogP contribution is 2.30. The summed E-state index contributed by atoms with van der Waals surface area (Å²) >= 11 is 12.5. The van der Waals surface area contributed by atoms with Crippen LogP contribution in [-0.2, 0) is 6.42 Å². The molecule has 0 amide bonds. The molecule has 1 aromatic rings. The minimum atomic E-state index is 0.460. The summed E-state index contributed by atoms with van der Waals surface area (Å²) in [5, 5.41) is 5.05. The van der Waals surface area contributed by atoms with Crippen LogP contribution in [0.5, 0.6) is 0 Å². The lowest BCUT2D eigenvalue weighted by atomic mass is 9.84. The third kappa shape index (κ3) is 4.15. The Balaban J connectivity index is 2.90. The number of rotatable bonds is 6. The van der Waals surface area contributed by atoms with Gasteiger partial charge in [-0.3, -0.25) is 0 Å². The summed E-state index contributed by atoms with van der Waals surface area (Å²) in [6.07, 6.45) is 0.921. The zero-order valence-electron chi connectivity index (χ0n) is 11.6. The van der Waals surface area contributed by atoms with Gasteiger partial charge in [0.25, 0.3) is 0 Å². The van der Waals surface area contributed by atoms with Crippen molar-refractivity contribution in [3.63, 3.8) is 0 Å². The average molecular weight is 288 g/mol. The molecule has 0 saturated carbocycles. The van der Waals surface area contributed by atoms with Crippen molar-refractivity contribution < 1.29 is 0 Å². The molecule has 0 fully saturated rings. The van der Waals surface area contributed by atoms with Crippen molar-refractivity contribution in [1.82, 2.24) is 5.32 Å². The van der Waals surface area contributed by atoms with Crippen LogP contribution >= 0.6 is 23.2 Å². The van der Waals surface area contributed by atoms with E-state index in [2.05, 4.69) is 33.0 Å². The van der Waals surface area contributed by atoms with Crippen LogP contribution in [0.3, 0.4) is 0 Å². The minimum Gasteiger partial charge on any atom is -0.314 e. The molecule has 0 aromatic heterocycles. The van der Waals surface area contributed by atoms with Crippen molar-refractivity contribution in [2.45, 2.75) is 40.2 Å². The van der Waals surface area contributed by atoms with E-state index in [1.54, 1.807) is 0 Å². The molecule has 0 aliphatic carbocycles. The smallest absolute Gasteiger partial charge is 0.0452 e. The van der Waals surface area contributed by atoms with E-state index in [0.717, 1.165) is 28.6 Å². The summed E-state index contributed by atoms with van der Waals surface area (Å²) in [4.78, 5) is 0. The second kappa shape index (κ2) is 7.37. The van der Waals surface area contributed by atoms with E-state index in [4.69, 9.17) is 23.2 Å². The van der Waals surface area contributed by atoms with Crippen LogP contribution in [0.1, 0.15) is 33.3 Å². The van der Waals surface area contributed by atoms with Crippen LogP contribution in [-0.4, -0.2) is 12.6 Å². The van der Waals surface area contributed by atoms with Gasteiger partial charge in [0.05, 0.1) is 0 Å². The Bertz CT molecular complexity index is 357. The van der Waals surface area contributed by atoms with E-state index in [-0.39, 0.29) is 0 Å². The molecule has 0 spiro atoms. The van der Waals surface area contributed by atoms with Gasteiger partial charge in [0.2, 0.25) is 0 Å². The van der Waals surface area contributed by atoms with Gasteiger partial charge in [0, 0.05) is 16.1 Å². The fourth-order valence-corrected chi connectivity index (χ4v) is 2.98. The predicted molar refractivity (Wildman–Crippen MR) is 81.6 cm³/mol. The van der Waals surface area contributed by atoms with Gasteiger partial charge in [-0.1, -0.05) is 50.0 Å². The van der Waals surface area contributed by atoms with Crippen molar-refractivity contribution in [1.29, 1.82) is 0 Å². The summed E-state index contributed by atoms with van der Waals surface area (Å²) in [5.74, 6) is 1.12. The van der Waals surface area contributed by atoms with Gasteiger partial charge in [-0.05, 0) is 49.4 Å². The molecule has 0 bridgehead atoms. The maximum atomic E-state index is 6.26. The van der Waals surface area contributed by atoms with E-state index in [1.165, 1.54) is 0 Å². The van der Waals surface area contributed by atoms with Crippen molar-refractivity contribution in [3.8, 4) is 0 Å². The third-order valence-electron chi connectivity index (χ3n) is 3.53. The highest BCUT2D eigenvalue weighted by atomic mass is 35.5. The van der Waals surface area contributed by atoms with E-state index in [9.17, 15) is 0 Å². The lowest BCUT2D eigenvalue weighted by molar-refractivity contribution is 0.292. The fourth-order valence-electron chi connectivity index (χ4n) is 2.43. The fraction of sp³-hybridized carbons (Fsp3) is 0.600. The Hall–Kier alpha value is -0.240. The molecule has 0 aliphatic heterocycles. The molecular weight excluding hydrogens is 265 g/mol. The normalized spacial score (nSPS) is 14.8. The molecule has 18 heavy (non-hydrogen) atoms. The molecule has 3 heteroatoms. The number of hydrogen-bond donors (Lipinski definition) is 1. The van der Waals surface area contributed by atoms with Crippen LogP contribution < -0.4 is 5.32 Å². The largest absolute Gasteiger partial charge is 0.314 e. The zero-order valence-corrected chi connectivity index (χ0v) is 13.1. The predicted octanol–water partition coefficient (Wildman–Crippen LogP) is 4.81. The molecule has 102 valence electrons. The maximum Gasteiger partial charge on any atom is 0.0452 e. The molecule has 0 saturated heterocycles. The monoisotopic (exact) mass is 287 g/mol. The molecule has 0 radical (unpaired) electrons. The minimum absolute atomic E-state index is 0.460. The lowest BCUT2D eigenvalue weighted by Crippen LogP contribution is -2.37. The van der Waals surface area contributed by atoms with Crippen molar-refractivity contribution in [3.05, 3.63) is 33.8 Å². The van der Waals surface area contributed by atoms with Gasteiger partial charge in [-0.25, -0.2) is 0 Å². The SMILES string of the molecule is CCNC(C)C(Cc1c(Cl)cccc1Cl)C(C)C. The van der Waals surface area contributed by atoms with Gasteiger partial charge >= 0.3 is 0 Å². The van der Waals surface area contributed by atoms with Gasteiger partial charge in [0.15, 0.2) is 0 Å². The first kappa shape index (κ1) is 15.8. The average Bonchev–Trinajstić information content (AvgIpc) is 2.28. The van der Waals surface area contributed by atoms with Crippen molar-refractivity contribution in [2.24, 2.45) is 11.8 Å². The van der Waals surface area contributed by atoms with Crippen LogP contribution in [0.4, 0.5) is 0 Å². The van der Waals surface area contributed by atoms with Crippen LogP contribution in [0, 0.1) is 11.8 Å². The van der Waals surface area contributed by atoms with Crippen LogP contribution in [0.25, 0.3) is 0 Å². The summed E-state index contributed by atoms with van der Waals surface area (Å²) in [7, 11) is 0. The van der Waals surface area contributed by atoms with E-state index in [1.807, 2.05) is 18.2 Å². The standard InChI is InChI=1S/C15H23Cl2N/c1-5-18-11(4)12(10(2)3)9-13-14(16)7-6-8-15(13)17/h6-8,10-12,18H,5,9H2,1-4H3. The zero-order chi connectivity index (χ0) is 13.7. The highest BCUT2D eigenvalue weighted by molar-refractivity contribution is 6.35. The first-order valence-electron chi connectivity index (χ1n) is 6.63. The van der Waals surface area contributed by atoms with Crippen LogP contribution in [0.2, 0.25) is 10.0 Å². The second-order valence-corrected chi connectivity index (χ2v) is 5.97. The number of hydrogen-bond acceptors (Lipinski definition) is 1. The molecule has 1 N–H and O–H groups in total. The summed E-state index contributed by atoms with van der Waals surface area (Å²) in [5.41, 5.74) is 1.07. The van der Waals surface area contributed by atoms with E-state index in [0.29, 0.717) is 17.9 Å². The molecular formula is C15H23Cl2N. The van der Waals surface area contributed by atoms with Crippen LogP contribution in [0.15, 0.2) is 18.2 Å². The summed E-state index contributed by atoms with van der Waals surface area (Å²) in [6.45, 7) is 9.86. The Morgan fingerprint density at radius 2 is 1.67 bits per heavy atom. The highest BCUT2D eigenvalue weighted by Gasteiger charge is 2.22. The first-order valence-corrected chi connectivity index (χ1v) is 7.39. The molecule has 0 aliphatic rings. The second-order valence-electron chi connectivity index (χ2n) is 5.16. The third-order valence-corrected chi connectivity index (χ3v) is 4.23.